The summed E-state index contributed by atoms with van der Waals surface area (Å²) in [5, 5.41) is 2.79. The van der Waals surface area contributed by atoms with Crippen LogP contribution in [0.5, 0.6) is 0 Å². The topological polar surface area (TPSA) is 121 Å². The number of hydrogen-bond donors (Lipinski definition) is 1. The fourth-order valence-electron chi connectivity index (χ4n) is 10.1. The molecule has 300 valence electrons. The van der Waals surface area contributed by atoms with Gasteiger partial charge in [0.25, 0.3) is 17.7 Å². The number of imide groups is 2. The summed E-state index contributed by atoms with van der Waals surface area (Å²) in [6.45, 7) is 19.1. The second-order valence-electron chi connectivity index (χ2n) is 16.9. The third-order valence-electron chi connectivity index (χ3n) is 13.6. The molecule has 5 amide bonds. The molecule has 2 unspecified atom stereocenters. The number of nitrogens with zero attached hydrogens (tertiary/aromatic N) is 7. The number of halogens is 1. The summed E-state index contributed by atoms with van der Waals surface area (Å²) in [4.78, 5) is 80.1. The summed E-state index contributed by atoms with van der Waals surface area (Å²) in [7, 11) is 0. The van der Waals surface area contributed by atoms with E-state index in [0.717, 1.165) is 92.6 Å². The first-order valence-electron chi connectivity index (χ1n) is 20.4. The molecule has 5 fully saturated rings. The van der Waals surface area contributed by atoms with Crippen LogP contribution in [0.3, 0.4) is 0 Å². The van der Waals surface area contributed by atoms with E-state index < -0.39 is 29.7 Å². The van der Waals surface area contributed by atoms with Crippen LogP contribution in [0.2, 0.25) is 5.02 Å². The van der Waals surface area contributed by atoms with Crippen molar-refractivity contribution >= 4 is 63.9 Å². The fourth-order valence-corrected chi connectivity index (χ4v) is 10.3. The highest BCUT2D eigenvalue weighted by Gasteiger charge is 2.46. The number of fused-ring (bicyclic) bond motifs is 1. The van der Waals surface area contributed by atoms with Gasteiger partial charge in [0.05, 0.1) is 22.7 Å². The Morgan fingerprint density at radius 2 is 1.55 bits per heavy atom. The zero-order chi connectivity index (χ0) is 40.5. The second-order valence-corrected chi connectivity index (χ2v) is 17.3. The Balaban J connectivity index is 0.744. The van der Waals surface area contributed by atoms with Crippen LogP contribution in [0.15, 0.2) is 54.6 Å². The summed E-state index contributed by atoms with van der Waals surface area (Å²) in [6, 6.07) is 17.0. The average Bonchev–Trinajstić information content (AvgIpc) is 3.66. The molecule has 6 aliphatic heterocycles. The van der Waals surface area contributed by atoms with Gasteiger partial charge in [-0.25, -0.2) is 4.85 Å². The van der Waals surface area contributed by atoms with Crippen LogP contribution in [-0.2, 0) is 9.59 Å². The predicted octanol–water partition coefficient (Wildman–Crippen LogP) is 5.13. The van der Waals surface area contributed by atoms with Crippen molar-refractivity contribution in [2.24, 2.45) is 5.41 Å². The lowest BCUT2D eigenvalue weighted by atomic mass is 9.76. The predicted molar refractivity (Wildman–Crippen MR) is 221 cm³/mol. The van der Waals surface area contributed by atoms with Crippen molar-refractivity contribution in [1.29, 1.82) is 0 Å². The minimum Gasteiger partial charge on any atom is -0.371 e. The number of amides is 5. The Labute approximate surface area is 343 Å². The van der Waals surface area contributed by atoms with Gasteiger partial charge in [-0.15, -0.1) is 0 Å². The molecular weight excluding hydrogens is 756 g/mol. The molecule has 1 N–H and O–H groups in total. The highest BCUT2D eigenvalue weighted by Crippen LogP contribution is 2.47. The largest absolute Gasteiger partial charge is 0.371 e. The lowest BCUT2D eigenvalue weighted by Crippen LogP contribution is -2.63. The van der Waals surface area contributed by atoms with E-state index in [4.69, 9.17) is 18.2 Å². The van der Waals surface area contributed by atoms with Gasteiger partial charge in [0, 0.05) is 100 Å². The number of piperazine rings is 1. The van der Waals surface area contributed by atoms with Gasteiger partial charge >= 0.3 is 0 Å². The van der Waals surface area contributed by atoms with Crippen molar-refractivity contribution in [3.8, 4) is 0 Å². The molecule has 9 rings (SSSR count). The molecule has 1 spiro atoms. The van der Waals surface area contributed by atoms with Crippen molar-refractivity contribution in [2.75, 3.05) is 73.6 Å². The highest BCUT2D eigenvalue weighted by atomic mass is 35.5. The molecule has 0 bridgehead atoms. The number of carbonyl (C=O) groups is 5. The van der Waals surface area contributed by atoms with Crippen molar-refractivity contribution in [3.05, 3.63) is 93.3 Å². The molecule has 6 aliphatic rings. The maximum Gasteiger partial charge on any atom is 0.262 e. The average molecular weight is 803 g/mol. The summed E-state index contributed by atoms with van der Waals surface area (Å²) in [6.07, 6.45) is 3.55. The van der Waals surface area contributed by atoms with E-state index in [1.807, 2.05) is 36.1 Å². The van der Waals surface area contributed by atoms with E-state index in [9.17, 15) is 24.0 Å². The Kier molecular flexibility index (Phi) is 9.68. The number of anilines is 3. The number of rotatable bonds is 6. The number of nitrogens with one attached hydrogen (secondary N) is 1. The smallest absolute Gasteiger partial charge is 0.262 e. The van der Waals surface area contributed by atoms with Crippen LogP contribution < -0.4 is 20.0 Å². The number of carbonyl (C=O) groups excluding carboxylic acids is 5. The van der Waals surface area contributed by atoms with E-state index in [1.165, 1.54) is 0 Å². The lowest BCUT2D eigenvalue weighted by molar-refractivity contribution is -0.136. The zero-order valence-electron chi connectivity index (χ0n) is 32.9. The molecule has 0 saturated carbocycles. The molecule has 13 nitrogen and oxygen atoms in total. The van der Waals surface area contributed by atoms with Crippen molar-refractivity contribution in [2.45, 2.75) is 64.1 Å². The van der Waals surface area contributed by atoms with Gasteiger partial charge < -0.3 is 19.6 Å². The van der Waals surface area contributed by atoms with Crippen molar-refractivity contribution in [3.63, 3.8) is 0 Å². The summed E-state index contributed by atoms with van der Waals surface area (Å²) < 4.78 is 0. The molecule has 2 atom stereocenters. The number of piperidine rings is 2. The fraction of sp³-hybridized carbons (Fsp3) is 0.455. The van der Waals surface area contributed by atoms with Crippen LogP contribution >= 0.6 is 11.6 Å². The number of benzene rings is 3. The molecule has 5 saturated heterocycles. The van der Waals surface area contributed by atoms with Crippen LogP contribution in [0.1, 0.15) is 75.7 Å². The van der Waals surface area contributed by atoms with E-state index in [0.29, 0.717) is 41.4 Å². The maximum atomic E-state index is 13.6. The molecule has 0 aliphatic carbocycles. The molecule has 3 aromatic carbocycles. The van der Waals surface area contributed by atoms with Gasteiger partial charge in [-0.1, -0.05) is 17.7 Å². The van der Waals surface area contributed by atoms with Gasteiger partial charge in [0.15, 0.2) is 0 Å². The molecule has 0 radical (unpaired) electrons. The summed E-state index contributed by atoms with van der Waals surface area (Å²) in [5.74, 6) is -1.96. The summed E-state index contributed by atoms with van der Waals surface area (Å²) in [5.41, 5.74) is 6.14. The quantitative estimate of drug-likeness (QED) is 0.267. The first kappa shape index (κ1) is 38.1. The molecule has 0 aromatic heterocycles. The van der Waals surface area contributed by atoms with Gasteiger partial charge in [0.1, 0.15) is 6.04 Å². The van der Waals surface area contributed by atoms with E-state index >= 15 is 0 Å². The van der Waals surface area contributed by atoms with Crippen LogP contribution in [0.25, 0.3) is 4.85 Å². The lowest BCUT2D eigenvalue weighted by Gasteiger charge is -2.49. The van der Waals surface area contributed by atoms with Gasteiger partial charge in [-0.3, -0.25) is 39.1 Å². The third kappa shape index (κ3) is 6.56. The Morgan fingerprint density at radius 1 is 0.862 bits per heavy atom. The monoisotopic (exact) mass is 802 g/mol. The van der Waals surface area contributed by atoms with E-state index in [1.54, 1.807) is 12.1 Å². The number of hydrogen-bond acceptors (Lipinski definition) is 9. The van der Waals surface area contributed by atoms with Crippen LogP contribution in [0, 0.1) is 18.9 Å². The Bertz CT molecular complexity index is 2250. The van der Waals surface area contributed by atoms with Crippen molar-refractivity contribution in [1.82, 2.24) is 20.0 Å². The maximum absolute atomic E-state index is 13.6. The first-order chi connectivity index (χ1) is 27.9. The zero-order valence-corrected chi connectivity index (χ0v) is 33.6. The second kappa shape index (κ2) is 14.7. The van der Waals surface area contributed by atoms with E-state index in [2.05, 4.69) is 54.9 Å². The molecule has 58 heavy (non-hydrogen) atoms. The van der Waals surface area contributed by atoms with Gasteiger partial charge in [-0.05, 0) is 99.0 Å². The van der Waals surface area contributed by atoms with Crippen molar-refractivity contribution < 1.29 is 24.0 Å². The third-order valence-corrected chi connectivity index (χ3v) is 14.1. The van der Waals surface area contributed by atoms with Crippen LogP contribution in [0.4, 0.5) is 22.7 Å². The Hall–Kier alpha value is -5.45. The van der Waals surface area contributed by atoms with E-state index in [-0.39, 0.29) is 35.3 Å². The summed E-state index contributed by atoms with van der Waals surface area (Å²) >= 11 is 6.55. The van der Waals surface area contributed by atoms with Gasteiger partial charge in [0.2, 0.25) is 17.5 Å². The van der Waals surface area contributed by atoms with Crippen LogP contribution in [-0.4, -0.2) is 121 Å². The SMILES string of the molecule is [C-]#[N+]c1ccc(N2CC3(CCN(c4ccc(C(=O)N5CCN(C6CN(c7ccc8c(c7)C(=O)N(C7CCC(=O)NC7=O)C8=O)C6)CC5)cc4)CC3)CC2C)c(C)c1Cl. The standard InChI is InChI=1S/C44H47ClN8O5/c1-27-23-44(26-52(27)36-11-10-35(46-3)39(45)28(36)2)14-16-48(17-15-44)30-6-4-29(5-7-30)41(56)50-20-18-49(19-21-50)32-24-51(25-32)31-8-9-33-34(22-31)43(58)53(42(33)57)37-12-13-38(54)47-40(37)55/h4-11,22,27,32,37H,12-21,23-26H2,1-2H3,(H,47,54,55). The molecule has 14 heteroatoms. The highest BCUT2D eigenvalue weighted by molar-refractivity contribution is 6.34. The minimum absolute atomic E-state index is 0.0580. The molecular formula is C44H47ClN8O5. The minimum atomic E-state index is -0.983. The molecule has 6 heterocycles. The first-order valence-corrected chi connectivity index (χ1v) is 20.7. The molecule has 3 aromatic rings. The Morgan fingerprint density at radius 3 is 2.24 bits per heavy atom. The normalized spacial score (nSPS) is 23.7. The van der Waals surface area contributed by atoms with Gasteiger partial charge in [-0.2, -0.15) is 0 Å².